The molecule has 1 aliphatic carbocycles. The van der Waals surface area contributed by atoms with Gasteiger partial charge in [-0.1, -0.05) is 6.08 Å². The first-order valence-electron chi connectivity index (χ1n) is 5.35. The van der Waals surface area contributed by atoms with Crippen LogP contribution in [0.1, 0.15) is 19.3 Å². The third-order valence-corrected chi connectivity index (χ3v) is 3.28. The number of hydrogen-bond acceptors (Lipinski definition) is 3. The maximum Gasteiger partial charge on any atom is 0.158 e. The molecule has 1 saturated carbocycles. The molecule has 0 bridgehead atoms. The Hall–Kier alpha value is -0.380. The fraction of sp³-hybridized carbons (Fsp3) is 0.818. The third kappa shape index (κ3) is 2.00. The lowest BCUT2D eigenvalue weighted by Gasteiger charge is -2.20. The molecule has 2 fully saturated rings. The first kappa shape index (κ1) is 10.1. The lowest BCUT2D eigenvalue weighted by molar-refractivity contribution is -0.0601. The van der Waals surface area contributed by atoms with Crippen molar-refractivity contribution in [1.29, 1.82) is 0 Å². The van der Waals surface area contributed by atoms with Crippen LogP contribution in [0.15, 0.2) is 12.7 Å². The third-order valence-electron chi connectivity index (χ3n) is 3.28. The first-order chi connectivity index (χ1) is 6.81. The highest BCUT2D eigenvalue weighted by molar-refractivity contribution is 4.95. The maximum absolute atomic E-state index is 9.68. The predicted molar refractivity (Wildman–Crippen MR) is 52.7 cm³/mol. The van der Waals surface area contributed by atoms with E-state index in [0.29, 0.717) is 19.1 Å². The lowest BCUT2D eigenvalue weighted by Crippen LogP contribution is -2.21. The van der Waals surface area contributed by atoms with Gasteiger partial charge in [0.2, 0.25) is 0 Å². The van der Waals surface area contributed by atoms with Gasteiger partial charge in [-0.25, -0.2) is 0 Å². The van der Waals surface area contributed by atoms with Crippen LogP contribution in [0.5, 0.6) is 0 Å². The van der Waals surface area contributed by atoms with Crippen LogP contribution in [-0.2, 0) is 9.47 Å². The molecule has 0 spiro atoms. The Morgan fingerprint density at radius 2 is 2.00 bits per heavy atom. The molecule has 1 saturated heterocycles. The summed E-state index contributed by atoms with van der Waals surface area (Å²) in [5.74, 6) is 0.702. The number of aliphatic hydroxyl groups excluding tert-OH is 1. The van der Waals surface area contributed by atoms with E-state index in [1.807, 2.05) is 6.08 Å². The summed E-state index contributed by atoms with van der Waals surface area (Å²) in [6.45, 7) is 5.19. The topological polar surface area (TPSA) is 38.7 Å². The lowest BCUT2D eigenvalue weighted by atomic mass is 9.92. The molecule has 2 rings (SSSR count). The van der Waals surface area contributed by atoms with Gasteiger partial charge in [0, 0.05) is 12.3 Å². The summed E-state index contributed by atoms with van der Waals surface area (Å²) in [6, 6.07) is 0. The highest BCUT2D eigenvalue weighted by atomic mass is 16.7. The molecule has 3 atom stereocenters. The predicted octanol–water partition coefficient (Wildman–Crippen LogP) is 1.32. The smallest absolute Gasteiger partial charge is 0.158 e. The van der Waals surface area contributed by atoms with Crippen molar-refractivity contribution in [2.45, 2.75) is 31.7 Å². The molecule has 1 aliphatic heterocycles. The van der Waals surface area contributed by atoms with Gasteiger partial charge in [-0.2, -0.15) is 0 Å². The minimum absolute atomic E-state index is 0.0484. The molecule has 3 nitrogen and oxygen atoms in total. The van der Waals surface area contributed by atoms with Crippen LogP contribution in [0.25, 0.3) is 0 Å². The molecule has 2 aliphatic rings. The summed E-state index contributed by atoms with van der Waals surface area (Å²) in [6.07, 6.45) is 4.45. The molecule has 14 heavy (non-hydrogen) atoms. The van der Waals surface area contributed by atoms with Crippen LogP contribution in [-0.4, -0.2) is 30.7 Å². The van der Waals surface area contributed by atoms with Crippen molar-refractivity contribution in [3.8, 4) is 0 Å². The van der Waals surface area contributed by atoms with Crippen molar-refractivity contribution in [1.82, 2.24) is 0 Å². The quantitative estimate of drug-likeness (QED) is 0.695. The zero-order valence-electron chi connectivity index (χ0n) is 8.39. The SMILES string of the molecule is C=C[C@H]1C(O)CC[C@@H]1CC1OCCO1. The van der Waals surface area contributed by atoms with Crippen LogP contribution in [0.4, 0.5) is 0 Å². The van der Waals surface area contributed by atoms with Gasteiger partial charge in [-0.3, -0.25) is 0 Å². The molecule has 0 aromatic heterocycles. The van der Waals surface area contributed by atoms with Gasteiger partial charge in [0.25, 0.3) is 0 Å². The van der Waals surface area contributed by atoms with Crippen LogP contribution in [0, 0.1) is 11.8 Å². The van der Waals surface area contributed by atoms with E-state index in [-0.39, 0.29) is 18.3 Å². The van der Waals surface area contributed by atoms with Crippen LogP contribution in [0.2, 0.25) is 0 Å². The van der Waals surface area contributed by atoms with E-state index in [0.717, 1.165) is 19.3 Å². The largest absolute Gasteiger partial charge is 0.393 e. The molecule has 1 heterocycles. The minimum Gasteiger partial charge on any atom is -0.393 e. The van der Waals surface area contributed by atoms with Gasteiger partial charge in [0.15, 0.2) is 6.29 Å². The van der Waals surface area contributed by atoms with Gasteiger partial charge in [-0.15, -0.1) is 6.58 Å². The number of ether oxygens (including phenoxy) is 2. The molecule has 0 aromatic rings. The minimum atomic E-state index is -0.209. The number of hydrogen-bond donors (Lipinski definition) is 1. The summed E-state index contributed by atoms with van der Waals surface area (Å²) >= 11 is 0. The zero-order chi connectivity index (χ0) is 9.97. The van der Waals surface area contributed by atoms with Crippen molar-refractivity contribution >= 4 is 0 Å². The highest BCUT2D eigenvalue weighted by Gasteiger charge is 2.35. The van der Waals surface area contributed by atoms with E-state index >= 15 is 0 Å². The Labute approximate surface area is 84.7 Å². The second-order valence-corrected chi connectivity index (χ2v) is 4.12. The Morgan fingerprint density at radius 1 is 1.29 bits per heavy atom. The Balaban J connectivity index is 1.87. The summed E-state index contributed by atoms with van der Waals surface area (Å²) in [4.78, 5) is 0. The molecule has 3 heteroatoms. The summed E-state index contributed by atoms with van der Waals surface area (Å²) in [5, 5.41) is 9.68. The van der Waals surface area contributed by atoms with Crippen LogP contribution in [0.3, 0.4) is 0 Å². The molecular formula is C11H18O3. The van der Waals surface area contributed by atoms with E-state index < -0.39 is 0 Å². The van der Waals surface area contributed by atoms with Crippen molar-refractivity contribution in [2.75, 3.05) is 13.2 Å². The second-order valence-electron chi connectivity index (χ2n) is 4.12. The molecule has 80 valence electrons. The van der Waals surface area contributed by atoms with E-state index in [4.69, 9.17) is 9.47 Å². The van der Waals surface area contributed by atoms with E-state index in [9.17, 15) is 5.11 Å². The van der Waals surface area contributed by atoms with Gasteiger partial charge >= 0.3 is 0 Å². The first-order valence-corrected chi connectivity index (χ1v) is 5.35. The Bertz CT molecular complexity index is 199. The van der Waals surface area contributed by atoms with E-state index in [1.165, 1.54) is 0 Å². The normalized spacial score (nSPS) is 39.1. The molecule has 0 amide bonds. The summed E-state index contributed by atoms with van der Waals surface area (Å²) in [5.41, 5.74) is 0. The number of rotatable bonds is 3. The summed E-state index contributed by atoms with van der Waals surface area (Å²) < 4.78 is 10.8. The van der Waals surface area contributed by atoms with E-state index in [1.54, 1.807) is 0 Å². The fourth-order valence-corrected chi connectivity index (χ4v) is 2.50. The Morgan fingerprint density at radius 3 is 2.64 bits per heavy atom. The molecule has 0 radical (unpaired) electrons. The monoisotopic (exact) mass is 198 g/mol. The van der Waals surface area contributed by atoms with Crippen LogP contribution < -0.4 is 0 Å². The van der Waals surface area contributed by atoms with Crippen molar-refractivity contribution in [3.63, 3.8) is 0 Å². The van der Waals surface area contributed by atoms with Gasteiger partial charge in [0.05, 0.1) is 19.3 Å². The zero-order valence-corrected chi connectivity index (χ0v) is 8.39. The standard InChI is InChI=1S/C11H18O3/c1-2-9-8(3-4-10(9)12)7-11-13-5-6-14-11/h2,8-12H,1,3-7H2/t8-,9-,10?/m1/s1. The highest BCUT2D eigenvalue weighted by Crippen LogP contribution is 2.36. The van der Waals surface area contributed by atoms with E-state index in [2.05, 4.69) is 6.58 Å². The van der Waals surface area contributed by atoms with Crippen molar-refractivity contribution in [3.05, 3.63) is 12.7 Å². The molecule has 0 aromatic carbocycles. The van der Waals surface area contributed by atoms with Gasteiger partial charge < -0.3 is 14.6 Å². The average Bonchev–Trinajstić information content (AvgIpc) is 2.77. The van der Waals surface area contributed by atoms with Gasteiger partial charge in [-0.05, 0) is 18.8 Å². The Kier molecular flexibility index (Phi) is 3.21. The van der Waals surface area contributed by atoms with Crippen molar-refractivity contribution < 1.29 is 14.6 Å². The second kappa shape index (κ2) is 4.43. The average molecular weight is 198 g/mol. The van der Waals surface area contributed by atoms with Crippen LogP contribution >= 0.6 is 0 Å². The molecular weight excluding hydrogens is 180 g/mol. The van der Waals surface area contributed by atoms with Gasteiger partial charge in [0.1, 0.15) is 0 Å². The number of aliphatic hydroxyl groups is 1. The van der Waals surface area contributed by atoms with Crippen molar-refractivity contribution in [2.24, 2.45) is 11.8 Å². The molecule has 1 unspecified atom stereocenters. The summed E-state index contributed by atoms with van der Waals surface area (Å²) in [7, 11) is 0. The fourth-order valence-electron chi connectivity index (χ4n) is 2.50. The molecule has 1 N–H and O–H groups in total. The maximum atomic E-state index is 9.68.